The lowest BCUT2D eigenvalue weighted by Crippen LogP contribution is -2.49. The Morgan fingerprint density at radius 2 is 2.00 bits per heavy atom. The second-order valence-corrected chi connectivity index (χ2v) is 7.82. The number of carbonyl (C=O) groups is 1. The van der Waals surface area contributed by atoms with Crippen molar-refractivity contribution < 1.29 is 13.2 Å². The Kier molecular flexibility index (Phi) is 4.60. The highest BCUT2D eigenvalue weighted by Gasteiger charge is 2.30. The van der Waals surface area contributed by atoms with E-state index >= 15 is 0 Å². The van der Waals surface area contributed by atoms with Crippen LogP contribution in [0.4, 0.5) is 0 Å². The minimum absolute atomic E-state index is 0.0141. The fourth-order valence-corrected chi connectivity index (χ4v) is 4.25. The third-order valence-electron chi connectivity index (χ3n) is 3.82. The summed E-state index contributed by atoms with van der Waals surface area (Å²) in [6.07, 6.45) is 0. The van der Waals surface area contributed by atoms with E-state index in [0.29, 0.717) is 13.1 Å². The lowest BCUT2D eigenvalue weighted by molar-refractivity contribution is 0.0880. The highest BCUT2D eigenvalue weighted by molar-refractivity contribution is 7.91. The van der Waals surface area contributed by atoms with Crippen molar-refractivity contribution in [2.75, 3.05) is 24.6 Å². The first-order chi connectivity index (χ1) is 9.39. The van der Waals surface area contributed by atoms with Crippen molar-refractivity contribution in [1.82, 2.24) is 4.90 Å². The molecule has 0 saturated carbocycles. The molecule has 1 saturated heterocycles. The predicted octanol–water partition coefficient (Wildman–Crippen LogP) is 1.62. The molecule has 1 fully saturated rings. The first-order valence-electron chi connectivity index (χ1n) is 6.93. The lowest BCUT2D eigenvalue weighted by atomic mass is 9.98. The highest BCUT2D eigenvalue weighted by atomic mass is 32.2. The molecule has 0 aliphatic carbocycles. The standard InChI is InChI=1S/C15H21NO3S/c1-12(15(17)14-6-4-3-5-7-14)10-16-8-9-20(18,19)11-13(16)2/h3-7,12-13H,8-11H2,1-2H3. The van der Waals surface area contributed by atoms with Gasteiger partial charge in [-0.2, -0.15) is 0 Å². The molecule has 0 amide bonds. The Morgan fingerprint density at radius 1 is 1.35 bits per heavy atom. The normalized spacial score (nSPS) is 24.2. The molecule has 1 aromatic carbocycles. The number of hydrogen-bond donors (Lipinski definition) is 0. The quantitative estimate of drug-likeness (QED) is 0.792. The second-order valence-electron chi connectivity index (χ2n) is 5.59. The average molecular weight is 295 g/mol. The third kappa shape index (κ3) is 3.67. The summed E-state index contributed by atoms with van der Waals surface area (Å²) in [5.74, 6) is 0.384. The third-order valence-corrected chi connectivity index (χ3v) is 5.62. The molecule has 2 rings (SSSR count). The van der Waals surface area contributed by atoms with E-state index in [2.05, 4.69) is 4.90 Å². The molecule has 0 aromatic heterocycles. The van der Waals surface area contributed by atoms with E-state index in [-0.39, 0.29) is 29.2 Å². The fraction of sp³-hybridized carbons (Fsp3) is 0.533. The van der Waals surface area contributed by atoms with Crippen LogP contribution in [0.3, 0.4) is 0 Å². The van der Waals surface area contributed by atoms with Crippen LogP contribution in [0, 0.1) is 5.92 Å². The van der Waals surface area contributed by atoms with Gasteiger partial charge in [0.05, 0.1) is 11.5 Å². The van der Waals surface area contributed by atoms with Gasteiger partial charge in [-0.15, -0.1) is 0 Å². The number of benzene rings is 1. The van der Waals surface area contributed by atoms with Crippen LogP contribution in [-0.2, 0) is 9.84 Å². The number of rotatable bonds is 4. The van der Waals surface area contributed by atoms with Crippen LogP contribution < -0.4 is 0 Å². The second kappa shape index (κ2) is 6.06. The van der Waals surface area contributed by atoms with Gasteiger partial charge in [0.1, 0.15) is 0 Å². The molecule has 110 valence electrons. The van der Waals surface area contributed by atoms with Gasteiger partial charge < -0.3 is 0 Å². The molecule has 1 aliphatic heterocycles. The fourth-order valence-electron chi connectivity index (χ4n) is 2.63. The smallest absolute Gasteiger partial charge is 0.166 e. The van der Waals surface area contributed by atoms with E-state index in [1.807, 2.05) is 44.2 Å². The Labute approximate surface area is 120 Å². The molecule has 20 heavy (non-hydrogen) atoms. The number of nitrogens with zero attached hydrogens (tertiary/aromatic N) is 1. The maximum atomic E-state index is 12.3. The topological polar surface area (TPSA) is 54.5 Å². The van der Waals surface area contributed by atoms with E-state index < -0.39 is 9.84 Å². The van der Waals surface area contributed by atoms with E-state index in [1.165, 1.54) is 0 Å². The molecule has 5 heteroatoms. The zero-order valence-electron chi connectivity index (χ0n) is 12.0. The molecule has 1 aromatic rings. The number of ketones is 1. The summed E-state index contributed by atoms with van der Waals surface area (Å²) < 4.78 is 23.1. The van der Waals surface area contributed by atoms with Gasteiger partial charge in [0, 0.05) is 30.6 Å². The summed E-state index contributed by atoms with van der Waals surface area (Å²) in [6, 6.07) is 9.23. The summed E-state index contributed by atoms with van der Waals surface area (Å²) in [5, 5.41) is 0. The van der Waals surface area contributed by atoms with Crippen LogP contribution in [0.5, 0.6) is 0 Å². The van der Waals surface area contributed by atoms with Crippen molar-refractivity contribution in [3.8, 4) is 0 Å². The van der Waals surface area contributed by atoms with Gasteiger partial charge in [-0.05, 0) is 6.92 Å². The molecule has 0 N–H and O–H groups in total. The number of carbonyl (C=O) groups excluding carboxylic acids is 1. The highest BCUT2D eigenvalue weighted by Crippen LogP contribution is 2.16. The minimum atomic E-state index is -2.90. The molecule has 2 unspecified atom stereocenters. The Balaban J connectivity index is 1.98. The number of sulfone groups is 1. The van der Waals surface area contributed by atoms with Crippen LogP contribution in [-0.4, -0.2) is 49.7 Å². The van der Waals surface area contributed by atoms with Gasteiger partial charge in [0.25, 0.3) is 0 Å². The lowest BCUT2D eigenvalue weighted by Gasteiger charge is -2.34. The summed E-state index contributed by atoms with van der Waals surface area (Å²) in [5.41, 5.74) is 0.720. The van der Waals surface area contributed by atoms with Crippen LogP contribution in [0.25, 0.3) is 0 Å². The monoisotopic (exact) mass is 295 g/mol. The average Bonchev–Trinajstić information content (AvgIpc) is 2.41. The van der Waals surface area contributed by atoms with Gasteiger partial charge in [-0.3, -0.25) is 9.69 Å². The van der Waals surface area contributed by atoms with Crippen LogP contribution in [0.1, 0.15) is 24.2 Å². The van der Waals surface area contributed by atoms with Crippen LogP contribution >= 0.6 is 0 Å². The van der Waals surface area contributed by atoms with Gasteiger partial charge in [0.15, 0.2) is 15.6 Å². The van der Waals surface area contributed by atoms with Crippen molar-refractivity contribution in [2.24, 2.45) is 5.92 Å². The number of Topliss-reactive ketones (excluding diaryl/α,β-unsaturated/α-hetero) is 1. The molecular formula is C15H21NO3S. The van der Waals surface area contributed by atoms with Gasteiger partial charge in [-0.1, -0.05) is 37.3 Å². The summed E-state index contributed by atoms with van der Waals surface area (Å²) >= 11 is 0. The molecular weight excluding hydrogens is 274 g/mol. The van der Waals surface area contributed by atoms with Crippen molar-refractivity contribution in [3.63, 3.8) is 0 Å². The molecule has 2 atom stereocenters. The van der Waals surface area contributed by atoms with E-state index in [4.69, 9.17) is 0 Å². The maximum Gasteiger partial charge on any atom is 0.166 e. The zero-order chi connectivity index (χ0) is 14.8. The van der Waals surface area contributed by atoms with E-state index in [0.717, 1.165) is 5.56 Å². The van der Waals surface area contributed by atoms with Crippen molar-refractivity contribution in [1.29, 1.82) is 0 Å². The Bertz CT molecular complexity index is 568. The van der Waals surface area contributed by atoms with E-state index in [9.17, 15) is 13.2 Å². The Morgan fingerprint density at radius 3 is 2.60 bits per heavy atom. The molecule has 0 spiro atoms. The van der Waals surface area contributed by atoms with Gasteiger partial charge in [0.2, 0.25) is 0 Å². The Hall–Kier alpha value is -1.20. The molecule has 1 aliphatic rings. The van der Waals surface area contributed by atoms with Crippen LogP contribution in [0.2, 0.25) is 0 Å². The first kappa shape index (κ1) is 15.2. The molecule has 0 radical (unpaired) electrons. The minimum Gasteiger partial charge on any atom is -0.298 e. The summed E-state index contributed by atoms with van der Waals surface area (Å²) in [6.45, 7) is 4.96. The molecule has 0 bridgehead atoms. The largest absolute Gasteiger partial charge is 0.298 e. The van der Waals surface area contributed by atoms with Gasteiger partial charge in [-0.25, -0.2) is 8.42 Å². The summed E-state index contributed by atoms with van der Waals surface area (Å²) in [4.78, 5) is 14.4. The van der Waals surface area contributed by atoms with Crippen molar-refractivity contribution >= 4 is 15.6 Å². The van der Waals surface area contributed by atoms with Crippen LogP contribution in [0.15, 0.2) is 30.3 Å². The van der Waals surface area contributed by atoms with Crippen molar-refractivity contribution in [3.05, 3.63) is 35.9 Å². The predicted molar refractivity (Wildman–Crippen MR) is 79.6 cm³/mol. The number of hydrogen-bond acceptors (Lipinski definition) is 4. The van der Waals surface area contributed by atoms with E-state index in [1.54, 1.807) is 0 Å². The van der Waals surface area contributed by atoms with Gasteiger partial charge >= 0.3 is 0 Å². The maximum absolute atomic E-state index is 12.3. The molecule has 1 heterocycles. The summed E-state index contributed by atoms with van der Waals surface area (Å²) in [7, 11) is -2.90. The zero-order valence-corrected chi connectivity index (χ0v) is 12.8. The SMILES string of the molecule is CC(CN1CCS(=O)(=O)CC1C)C(=O)c1ccccc1. The molecule has 4 nitrogen and oxygen atoms in total. The van der Waals surface area contributed by atoms with Crippen molar-refractivity contribution in [2.45, 2.75) is 19.9 Å². The first-order valence-corrected chi connectivity index (χ1v) is 8.75.